The molecule has 0 rings (SSSR count). The highest BCUT2D eigenvalue weighted by molar-refractivity contribution is 5.87. The van der Waals surface area contributed by atoms with Crippen LogP contribution in [0.5, 0.6) is 0 Å². The maximum Gasteiger partial charge on any atom is 0.144 e. The second-order valence-corrected chi connectivity index (χ2v) is 9.90. The molecule has 6 atom stereocenters. The van der Waals surface area contributed by atoms with Crippen LogP contribution in [0.3, 0.4) is 0 Å². The van der Waals surface area contributed by atoms with Gasteiger partial charge in [-0.25, -0.2) is 0 Å². The molecule has 0 aromatic carbocycles. The summed E-state index contributed by atoms with van der Waals surface area (Å²) in [4.78, 5) is 23.5. The summed E-state index contributed by atoms with van der Waals surface area (Å²) in [7, 11) is 0. The average molecular weight is 415 g/mol. The van der Waals surface area contributed by atoms with Gasteiger partial charge in [-0.15, -0.1) is 0 Å². The Kier molecular flexibility index (Phi) is 12.5. The van der Waals surface area contributed by atoms with Crippen molar-refractivity contribution in [3.63, 3.8) is 0 Å². The number of unbranched alkanes of at least 4 members (excludes halogenated alkanes) is 2. The standard InChI is InChI=1S/C24H46O5/c1-8-20(19(4)26)23(5,6)22(28)18(3)21(27)17(2)13-12-15-24(7,29)14-10-9-11-16-25/h16-21,26-27,29H,8-15H2,1-7H3/t17?,18?,19-,20?,21+,24+/m1/s1. The van der Waals surface area contributed by atoms with Crippen molar-refractivity contribution in [2.45, 2.75) is 118 Å². The first-order valence-corrected chi connectivity index (χ1v) is 11.4. The van der Waals surface area contributed by atoms with Gasteiger partial charge in [0.1, 0.15) is 12.1 Å². The minimum atomic E-state index is -0.761. The molecule has 3 N–H and O–H groups in total. The van der Waals surface area contributed by atoms with E-state index in [-0.39, 0.29) is 17.6 Å². The van der Waals surface area contributed by atoms with Crippen molar-refractivity contribution in [3.05, 3.63) is 0 Å². The number of hydrogen-bond acceptors (Lipinski definition) is 5. The molecule has 3 unspecified atom stereocenters. The smallest absolute Gasteiger partial charge is 0.144 e. The van der Waals surface area contributed by atoms with Crippen molar-refractivity contribution >= 4 is 12.1 Å². The van der Waals surface area contributed by atoms with E-state index in [9.17, 15) is 24.9 Å². The molecular weight excluding hydrogens is 368 g/mol. The lowest BCUT2D eigenvalue weighted by Gasteiger charge is -2.38. The van der Waals surface area contributed by atoms with Crippen molar-refractivity contribution in [2.75, 3.05) is 0 Å². The summed E-state index contributed by atoms with van der Waals surface area (Å²) in [5.41, 5.74) is -1.46. The molecule has 5 heteroatoms. The largest absolute Gasteiger partial charge is 0.393 e. The van der Waals surface area contributed by atoms with Gasteiger partial charge in [0.2, 0.25) is 0 Å². The maximum absolute atomic E-state index is 13.1. The van der Waals surface area contributed by atoms with E-state index in [1.54, 1.807) is 13.8 Å². The number of aliphatic hydroxyl groups is 3. The number of aldehydes is 1. The number of Topliss-reactive ketones (excluding diaryl/α,β-unsaturated/α-hetero) is 1. The van der Waals surface area contributed by atoms with E-state index in [0.717, 1.165) is 32.0 Å². The van der Waals surface area contributed by atoms with E-state index in [1.807, 2.05) is 34.6 Å². The highest BCUT2D eigenvalue weighted by atomic mass is 16.3. The molecule has 0 aliphatic carbocycles. The third kappa shape index (κ3) is 9.27. The molecule has 0 spiro atoms. The van der Waals surface area contributed by atoms with Crippen molar-refractivity contribution in [1.82, 2.24) is 0 Å². The Morgan fingerprint density at radius 3 is 2.03 bits per heavy atom. The summed E-state index contributed by atoms with van der Waals surface area (Å²) >= 11 is 0. The molecule has 0 saturated carbocycles. The lowest BCUT2D eigenvalue weighted by Crippen LogP contribution is -2.45. The van der Waals surface area contributed by atoms with E-state index in [4.69, 9.17) is 0 Å². The fourth-order valence-electron chi connectivity index (χ4n) is 4.71. The Bertz CT molecular complexity index is 484. The molecule has 0 fully saturated rings. The van der Waals surface area contributed by atoms with Gasteiger partial charge in [0.05, 0.1) is 17.8 Å². The van der Waals surface area contributed by atoms with E-state index in [2.05, 4.69) is 0 Å². The molecule has 0 aliphatic heterocycles. The Hall–Kier alpha value is -0.780. The van der Waals surface area contributed by atoms with Gasteiger partial charge in [0, 0.05) is 17.8 Å². The van der Waals surface area contributed by atoms with Crippen LogP contribution in [0, 0.1) is 23.2 Å². The zero-order valence-electron chi connectivity index (χ0n) is 19.8. The summed E-state index contributed by atoms with van der Waals surface area (Å²) in [6.45, 7) is 13.0. The third-order valence-electron chi connectivity index (χ3n) is 6.76. The summed E-state index contributed by atoms with van der Waals surface area (Å²) < 4.78 is 0. The predicted molar refractivity (Wildman–Crippen MR) is 118 cm³/mol. The molecule has 0 radical (unpaired) electrons. The van der Waals surface area contributed by atoms with Crippen molar-refractivity contribution < 1.29 is 24.9 Å². The molecule has 0 heterocycles. The topological polar surface area (TPSA) is 94.8 Å². The third-order valence-corrected chi connectivity index (χ3v) is 6.76. The number of aliphatic hydroxyl groups excluding tert-OH is 2. The summed E-state index contributed by atoms with van der Waals surface area (Å²) in [6.07, 6.45) is 5.27. The fraction of sp³-hybridized carbons (Fsp3) is 0.917. The van der Waals surface area contributed by atoms with Crippen LogP contribution in [-0.4, -0.2) is 45.2 Å². The molecule has 0 aliphatic rings. The first kappa shape index (κ1) is 28.2. The first-order chi connectivity index (χ1) is 13.3. The normalized spacial score (nSPS) is 19.7. The lowest BCUT2D eigenvalue weighted by atomic mass is 9.67. The van der Waals surface area contributed by atoms with Gasteiger partial charge < -0.3 is 20.1 Å². The Morgan fingerprint density at radius 1 is 1.00 bits per heavy atom. The summed E-state index contributed by atoms with van der Waals surface area (Å²) in [5, 5.41) is 31.3. The highest BCUT2D eigenvalue weighted by Crippen LogP contribution is 2.37. The molecule has 0 amide bonds. The van der Waals surface area contributed by atoms with Crippen molar-refractivity contribution in [2.24, 2.45) is 23.2 Å². The molecule has 29 heavy (non-hydrogen) atoms. The highest BCUT2D eigenvalue weighted by Gasteiger charge is 2.42. The van der Waals surface area contributed by atoms with Crippen LogP contribution in [0.4, 0.5) is 0 Å². The second kappa shape index (κ2) is 12.8. The van der Waals surface area contributed by atoms with E-state index >= 15 is 0 Å². The van der Waals surface area contributed by atoms with Gasteiger partial charge in [0.25, 0.3) is 0 Å². The summed E-state index contributed by atoms with van der Waals surface area (Å²) in [6, 6.07) is 0. The fourth-order valence-corrected chi connectivity index (χ4v) is 4.71. The quantitative estimate of drug-likeness (QED) is 0.258. The van der Waals surface area contributed by atoms with Crippen LogP contribution in [0.25, 0.3) is 0 Å². The van der Waals surface area contributed by atoms with Gasteiger partial charge in [0.15, 0.2) is 0 Å². The molecule has 0 aromatic heterocycles. The first-order valence-electron chi connectivity index (χ1n) is 11.4. The number of hydrogen-bond donors (Lipinski definition) is 3. The maximum atomic E-state index is 13.1. The lowest BCUT2D eigenvalue weighted by molar-refractivity contribution is -0.141. The Morgan fingerprint density at radius 2 is 1.55 bits per heavy atom. The number of carbonyl (C=O) groups excluding carboxylic acids is 2. The average Bonchev–Trinajstić information content (AvgIpc) is 2.63. The van der Waals surface area contributed by atoms with Gasteiger partial charge in [-0.05, 0) is 57.8 Å². The zero-order chi connectivity index (χ0) is 22.8. The molecule has 0 saturated heterocycles. The van der Waals surface area contributed by atoms with Crippen molar-refractivity contribution in [1.29, 1.82) is 0 Å². The van der Waals surface area contributed by atoms with E-state index in [1.165, 1.54) is 0 Å². The van der Waals surface area contributed by atoms with Crippen molar-refractivity contribution in [3.8, 4) is 0 Å². The minimum absolute atomic E-state index is 0.00762. The monoisotopic (exact) mass is 414 g/mol. The second-order valence-electron chi connectivity index (χ2n) is 9.90. The van der Waals surface area contributed by atoms with Gasteiger partial charge >= 0.3 is 0 Å². The number of carbonyl (C=O) groups is 2. The number of rotatable bonds is 16. The number of ketones is 1. The summed E-state index contributed by atoms with van der Waals surface area (Å²) in [5.74, 6) is -0.708. The van der Waals surface area contributed by atoms with Crippen LogP contribution < -0.4 is 0 Å². The Balaban J connectivity index is 4.68. The van der Waals surface area contributed by atoms with Crippen LogP contribution in [0.15, 0.2) is 0 Å². The predicted octanol–water partition coefficient (Wildman–Crippen LogP) is 4.30. The zero-order valence-corrected chi connectivity index (χ0v) is 19.8. The molecule has 5 nitrogen and oxygen atoms in total. The van der Waals surface area contributed by atoms with Crippen LogP contribution in [0.1, 0.15) is 99.8 Å². The van der Waals surface area contributed by atoms with Gasteiger partial charge in [-0.1, -0.05) is 47.5 Å². The molecule has 172 valence electrons. The molecule has 0 aromatic rings. The van der Waals surface area contributed by atoms with E-state index < -0.39 is 29.1 Å². The van der Waals surface area contributed by atoms with Gasteiger partial charge in [-0.3, -0.25) is 4.79 Å². The molecule has 0 bridgehead atoms. The SMILES string of the molecule is CCC([C@@H](C)O)C(C)(C)C(=O)C(C)[C@@H](O)C(C)CCC[C@@](C)(O)CCCCC=O. The van der Waals surface area contributed by atoms with E-state index in [0.29, 0.717) is 25.7 Å². The minimum Gasteiger partial charge on any atom is -0.393 e. The van der Waals surface area contributed by atoms with Gasteiger partial charge in [-0.2, -0.15) is 0 Å². The van der Waals surface area contributed by atoms with Crippen LogP contribution in [0.2, 0.25) is 0 Å². The molecular formula is C24H46O5. The van der Waals surface area contributed by atoms with Crippen LogP contribution in [-0.2, 0) is 9.59 Å². The van der Waals surface area contributed by atoms with Crippen LogP contribution >= 0.6 is 0 Å². The Labute approximate surface area is 178 Å².